The van der Waals surface area contributed by atoms with Gasteiger partial charge in [-0.15, -0.1) is 0 Å². The smallest absolute Gasteiger partial charge is 0.232 e. The van der Waals surface area contributed by atoms with Crippen molar-refractivity contribution >= 4 is 44.1 Å². The molecule has 1 N–H and O–H groups in total. The Morgan fingerprint density at radius 1 is 1.08 bits per heavy atom. The Morgan fingerprint density at radius 2 is 1.76 bits per heavy atom. The van der Waals surface area contributed by atoms with Gasteiger partial charge < -0.3 is 5.32 Å². The first-order valence-electron chi connectivity index (χ1n) is 8.73. The van der Waals surface area contributed by atoms with Crippen LogP contribution in [0, 0.1) is 16.2 Å². The van der Waals surface area contributed by atoms with Crippen LogP contribution in [-0.2, 0) is 9.59 Å². The number of hydrogen-bond acceptors (Lipinski definition) is 2. The van der Waals surface area contributed by atoms with Crippen LogP contribution in [0.3, 0.4) is 0 Å². The first-order chi connectivity index (χ1) is 11.8. The molecule has 2 aliphatic rings. The Hall–Kier alpha value is -1.68. The minimum absolute atomic E-state index is 0.0506. The molecule has 4 heteroatoms. The van der Waals surface area contributed by atoms with Gasteiger partial charge in [0, 0.05) is 16.5 Å². The molecule has 3 atom stereocenters. The summed E-state index contributed by atoms with van der Waals surface area (Å²) in [5, 5.41) is 5.25. The summed E-state index contributed by atoms with van der Waals surface area (Å²) in [5.41, 5.74) is -0.742. The molecular formula is C21H22BrNO2. The van der Waals surface area contributed by atoms with E-state index in [-0.39, 0.29) is 17.1 Å². The van der Waals surface area contributed by atoms with Crippen molar-refractivity contribution in [1.29, 1.82) is 0 Å². The summed E-state index contributed by atoms with van der Waals surface area (Å²) < 4.78 is 0. The molecule has 2 bridgehead atoms. The largest absolute Gasteiger partial charge is 0.325 e. The third kappa shape index (κ3) is 1.86. The van der Waals surface area contributed by atoms with Crippen molar-refractivity contribution in [3.8, 4) is 0 Å². The maximum absolute atomic E-state index is 13.5. The van der Waals surface area contributed by atoms with Gasteiger partial charge in [-0.2, -0.15) is 0 Å². The predicted molar refractivity (Wildman–Crippen MR) is 104 cm³/mol. The van der Waals surface area contributed by atoms with Crippen molar-refractivity contribution in [3.63, 3.8) is 0 Å². The van der Waals surface area contributed by atoms with Crippen LogP contribution >= 0.6 is 15.9 Å². The molecule has 3 nitrogen and oxygen atoms in total. The summed E-state index contributed by atoms with van der Waals surface area (Å²) >= 11 is 3.58. The number of rotatable bonds is 2. The SMILES string of the molecule is CC12CCC(C(=O)Nc3cccc4ccccc34)(C(Br)C1=O)C2(C)C. The average molecular weight is 400 g/mol. The highest BCUT2D eigenvalue weighted by Gasteiger charge is 2.76. The van der Waals surface area contributed by atoms with E-state index in [0.717, 1.165) is 29.3 Å². The van der Waals surface area contributed by atoms with E-state index in [0.29, 0.717) is 0 Å². The highest BCUT2D eigenvalue weighted by atomic mass is 79.9. The van der Waals surface area contributed by atoms with Crippen LogP contribution in [0.2, 0.25) is 0 Å². The number of fused-ring (bicyclic) bond motifs is 3. The number of benzene rings is 2. The number of hydrogen-bond donors (Lipinski definition) is 1. The summed E-state index contributed by atoms with van der Waals surface area (Å²) in [4.78, 5) is 25.9. The fourth-order valence-electron chi connectivity index (χ4n) is 5.02. The van der Waals surface area contributed by atoms with E-state index < -0.39 is 15.7 Å². The Bertz CT molecular complexity index is 900. The second kappa shape index (κ2) is 5.16. The zero-order chi connectivity index (χ0) is 18.0. The summed E-state index contributed by atoms with van der Waals surface area (Å²) in [7, 11) is 0. The Morgan fingerprint density at radius 3 is 2.44 bits per heavy atom. The molecule has 1 amide bonds. The molecule has 2 saturated carbocycles. The molecule has 0 heterocycles. The van der Waals surface area contributed by atoms with Crippen LogP contribution < -0.4 is 5.32 Å². The third-order valence-electron chi connectivity index (χ3n) is 7.16. The van der Waals surface area contributed by atoms with Crippen LogP contribution in [0.1, 0.15) is 33.6 Å². The van der Waals surface area contributed by atoms with Gasteiger partial charge >= 0.3 is 0 Å². The second-order valence-electron chi connectivity index (χ2n) is 8.14. The summed E-state index contributed by atoms with van der Waals surface area (Å²) in [6.45, 7) is 6.16. The van der Waals surface area contributed by atoms with E-state index in [2.05, 4.69) is 35.1 Å². The number of alkyl halides is 1. The van der Waals surface area contributed by atoms with Crippen molar-refractivity contribution < 1.29 is 9.59 Å². The van der Waals surface area contributed by atoms with Crippen molar-refractivity contribution in [3.05, 3.63) is 42.5 Å². The highest BCUT2D eigenvalue weighted by molar-refractivity contribution is 9.10. The minimum atomic E-state index is -0.713. The minimum Gasteiger partial charge on any atom is -0.325 e. The molecular weight excluding hydrogens is 378 g/mol. The van der Waals surface area contributed by atoms with Crippen LogP contribution in [0.15, 0.2) is 42.5 Å². The number of amides is 1. The molecule has 2 aliphatic carbocycles. The Labute approximate surface area is 156 Å². The van der Waals surface area contributed by atoms with Crippen LogP contribution in [-0.4, -0.2) is 16.5 Å². The molecule has 0 radical (unpaired) electrons. The third-order valence-corrected chi connectivity index (χ3v) is 8.36. The fraction of sp³-hybridized carbons (Fsp3) is 0.429. The van der Waals surface area contributed by atoms with Gasteiger partial charge in [-0.25, -0.2) is 0 Å². The van der Waals surface area contributed by atoms with Gasteiger partial charge in [0.1, 0.15) is 0 Å². The van der Waals surface area contributed by atoms with E-state index in [9.17, 15) is 9.59 Å². The van der Waals surface area contributed by atoms with Gasteiger partial charge in [-0.3, -0.25) is 9.59 Å². The highest BCUT2D eigenvalue weighted by Crippen LogP contribution is 2.72. The Kier molecular flexibility index (Phi) is 3.46. The van der Waals surface area contributed by atoms with E-state index in [1.165, 1.54) is 0 Å². The molecule has 0 aromatic heterocycles. The van der Waals surface area contributed by atoms with E-state index in [1.54, 1.807) is 0 Å². The predicted octanol–water partition coefficient (Wildman–Crippen LogP) is 4.94. The van der Waals surface area contributed by atoms with Crippen molar-refractivity contribution in [1.82, 2.24) is 0 Å². The molecule has 0 aliphatic heterocycles. The number of halogens is 1. The fourth-order valence-corrected chi connectivity index (χ4v) is 6.54. The summed E-state index contributed by atoms with van der Waals surface area (Å²) in [6, 6.07) is 13.9. The number of ketones is 1. The van der Waals surface area contributed by atoms with Gasteiger partial charge in [0.25, 0.3) is 0 Å². The second-order valence-corrected chi connectivity index (χ2v) is 9.05. The van der Waals surface area contributed by atoms with Gasteiger partial charge in [-0.05, 0) is 29.7 Å². The maximum Gasteiger partial charge on any atom is 0.232 e. The zero-order valence-corrected chi connectivity index (χ0v) is 16.3. The van der Waals surface area contributed by atoms with Gasteiger partial charge in [0.15, 0.2) is 5.78 Å². The van der Waals surface area contributed by atoms with E-state index in [4.69, 9.17) is 0 Å². The van der Waals surface area contributed by atoms with Crippen molar-refractivity contribution in [2.75, 3.05) is 5.32 Å². The zero-order valence-electron chi connectivity index (χ0n) is 14.7. The van der Waals surface area contributed by atoms with E-state index >= 15 is 0 Å². The molecule has 4 rings (SSSR count). The van der Waals surface area contributed by atoms with Crippen LogP contribution in [0.5, 0.6) is 0 Å². The lowest BCUT2D eigenvalue weighted by Gasteiger charge is -2.39. The lowest BCUT2D eigenvalue weighted by molar-refractivity contribution is -0.130. The van der Waals surface area contributed by atoms with Crippen molar-refractivity contribution in [2.45, 2.75) is 38.4 Å². The molecule has 3 unspecified atom stereocenters. The number of carbonyl (C=O) groups is 2. The molecule has 2 fully saturated rings. The number of nitrogens with one attached hydrogen (secondary N) is 1. The number of carbonyl (C=O) groups excluding carboxylic acids is 2. The van der Waals surface area contributed by atoms with Crippen LogP contribution in [0.25, 0.3) is 10.8 Å². The number of anilines is 1. The monoisotopic (exact) mass is 399 g/mol. The van der Waals surface area contributed by atoms with E-state index in [1.807, 2.05) is 49.4 Å². The first-order valence-corrected chi connectivity index (χ1v) is 9.65. The van der Waals surface area contributed by atoms with Crippen molar-refractivity contribution in [2.24, 2.45) is 16.2 Å². The quantitative estimate of drug-likeness (QED) is 0.726. The van der Waals surface area contributed by atoms with Gasteiger partial charge in [0.2, 0.25) is 5.91 Å². The normalized spacial score (nSPS) is 33.0. The van der Waals surface area contributed by atoms with Gasteiger partial charge in [0.05, 0.1) is 10.2 Å². The van der Waals surface area contributed by atoms with Gasteiger partial charge in [-0.1, -0.05) is 73.1 Å². The molecule has 0 saturated heterocycles. The molecule has 25 heavy (non-hydrogen) atoms. The number of Topliss-reactive ketones (excluding diaryl/α,β-unsaturated/α-hetero) is 1. The summed E-state index contributed by atoms with van der Waals surface area (Å²) in [5.74, 6) is 0.113. The topological polar surface area (TPSA) is 46.2 Å². The molecule has 0 spiro atoms. The molecule has 2 aromatic rings. The van der Waals surface area contributed by atoms with Crippen LogP contribution in [0.4, 0.5) is 5.69 Å². The molecule has 130 valence electrons. The lowest BCUT2D eigenvalue weighted by atomic mass is 9.64. The summed E-state index contributed by atoms with van der Waals surface area (Å²) in [6.07, 6.45) is 1.50. The maximum atomic E-state index is 13.5. The average Bonchev–Trinajstić information content (AvgIpc) is 2.87. The Balaban J connectivity index is 1.78. The standard InChI is InChI=1S/C21H22BrNO2/c1-19(2)20(3)11-12-21(19,16(22)17(20)24)18(25)23-15-10-6-8-13-7-4-5-9-14(13)15/h4-10,16H,11-12H2,1-3H3,(H,23,25). The first kappa shape index (κ1) is 16.8. The lowest BCUT2D eigenvalue weighted by Crippen LogP contribution is -2.48. The molecule has 2 aromatic carbocycles.